The molecule has 0 saturated heterocycles. The molecule has 1 heterocycles. The van der Waals surface area contributed by atoms with Crippen molar-refractivity contribution < 1.29 is 33.7 Å². The van der Waals surface area contributed by atoms with Crippen LogP contribution in [0.4, 0.5) is 0 Å². The van der Waals surface area contributed by atoms with Gasteiger partial charge in [-0.3, -0.25) is 0 Å². The molecule has 0 aromatic heterocycles. The molecule has 1 atom stereocenters. The molecule has 1 N–H and O–H groups in total. The second-order valence-electron chi connectivity index (χ2n) is 6.81. The van der Waals surface area contributed by atoms with Crippen molar-refractivity contribution in [1.29, 1.82) is 0 Å². The molecule has 0 amide bonds. The summed E-state index contributed by atoms with van der Waals surface area (Å²) in [6.45, 7) is 6.00. The molecule has 1 aliphatic rings. The van der Waals surface area contributed by atoms with E-state index < -0.39 is 24.0 Å². The minimum atomic E-state index is -1.01. The molecule has 0 fully saturated rings. The maximum Gasteiger partial charge on any atom is 0.346 e. The third-order valence-corrected chi connectivity index (χ3v) is 4.25. The number of benzene rings is 2. The normalized spacial score (nSPS) is 12.9. The predicted octanol–water partition coefficient (Wildman–Crippen LogP) is 3.71. The first-order chi connectivity index (χ1) is 14.3. The highest BCUT2D eigenvalue weighted by Gasteiger charge is 2.30. The average Bonchev–Trinajstić information content (AvgIpc) is 3.04. The largest absolute Gasteiger partial charge is 0.491 e. The molecule has 0 saturated carbocycles. The Kier molecular flexibility index (Phi) is 8.55. The molecule has 2 aromatic rings. The number of cyclic esters (lactones) is 2. The van der Waals surface area contributed by atoms with Crippen molar-refractivity contribution >= 4 is 17.9 Å². The van der Waals surface area contributed by atoms with Gasteiger partial charge in [0.25, 0.3) is 0 Å². The molecule has 1 aliphatic heterocycles. The van der Waals surface area contributed by atoms with Crippen LogP contribution in [-0.2, 0) is 9.47 Å². The van der Waals surface area contributed by atoms with Gasteiger partial charge in [-0.05, 0) is 37.3 Å². The van der Waals surface area contributed by atoms with Gasteiger partial charge in [0.05, 0.1) is 16.7 Å². The number of hydrogen-bond acceptors (Lipinski definition) is 7. The van der Waals surface area contributed by atoms with E-state index in [1.54, 1.807) is 12.1 Å². The maximum absolute atomic E-state index is 12.0. The van der Waals surface area contributed by atoms with Gasteiger partial charge in [-0.25, -0.2) is 14.4 Å². The Hall–Kier alpha value is -3.19. The van der Waals surface area contributed by atoms with Crippen molar-refractivity contribution in [1.82, 2.24) is 0 Å². The molecule has 2 aromatic carbocycles. The molecule has 1 unspecified atom stereocenters. The Bertz CT molecular complexity index is 885. The average molecular weight is 414 g/mol. The molecule has 0 bridgehead atoms. The van der Waals surface area contributed by atoms with E-state index in [2.05, 4.69) is 18.6 Å². The summed E-state index contributed by atoms with van der Waals surface area (Å²) < 4.78 is 14.9. The van der Waals surface area contributed by atoms with Crippen molar-refractivity contribution in [2.45, 2.75) is 39.7 Å². The Morgan fingerprint density at radius 3 is 2.23 bits per heavy atom. The Balaban J connectivity index is 0.000000735. The predicted molar refractivity (Wildman–Crippen MR) is 110 cm³/mol. The maximum atomic E-state index is 12.0. The second kappa shape index (κ2) is 11.1. The van der Waals surface area contributed by atoms with E-state index in [1.165, 1.54) is 31.0 Å². The number of carbonyl (C=O) groups is 3. The molecule has 0 aliphatic carbocycles. The summed E-state index contributed by atoms with van der Waals surface area (Å²) in [5.41, 5.74) is 1.31. The highest BCUT2D eigenvalue weighted by atomic mass is 16.6. The van der Waals surface area contributed by atoms with E-state index in [4.69, 9.17) is 9.47 Å². The van der Waals surface area contributed by atoms with Crippen LogP contribution >= 0.6 is 0 Å². The van der Waals surface area contributed by atoms with Crippen molar-refractivity contribution in [3.05, 3.63) is 64.7 Å². The highest BCUT2D eigenvalue weighted by molar-refractivity contribution is 6.15. The van der Waals surface area contributed by atoms with E-state index in [1.807, 2.05) is 19.1 Å². The summed E-state index contributed by atoms with van der Waals surface area (Å²) in [6.07, 6.45) is 1.63. The first-order valence-corrected chi connectivity index (χ1v) is 9.80. The Morgan fingerprint density at radius 1 is 0.967 bits per heavy atom. The molecule has 7 nitrogen and oxygen atoms in total. The molecule has 3 rings (SSSR count). The summed E-state index contributed by atoms with van der Waals surface area (Å²) in [6, 6.07) is 11.2. The Labute approximate surface area is 175 Å². The van der Waals surface area contributed by atoms with Gasteiger partial charge in [0.15, 0.2) is 0 Å². The number of ether oxygens (including phenoxy) is 3. The van der Waals surface area contributed by atoms with E-state index in [0.717, 1.165) is 5.56 Å². The van der Waals surface area contributed by atoms with Crippen LogP contribution in [0.15, 0.2) is 42.5 Å². The lowest BCUT2D eigenvalue weighted by Crippen LogP contribution is -2.25. The van der Waals surface area contributed by atoms with Crippen LogP contribution in [0.5, 0.6) is 5.75 Å². The number of unbranched alkanes of at least 4 members (excludes halogenated alkanes) is 1. The first kappa shape index (κ1) is 23.1. The van der Waals surface area contributed by atoms with E-state index >= 15 is 0 Å². The second-order valence-corrected chi connectivity index (χ2v) is 6.81. The van der Waals surface area contributed by atoms with E-state index in [9.17, 15) is 19.5 Å². The van der Waals surface area contributed by atoms with Crippen LogP contribution in [-0.4, -0.2) is 42.3 Å². The van der Waals surface area contributed by atoms with Crippen LogP contribution in [0, 0.1) is 6.92 Å². The fourth-order valence-corrected chi connectivity index (χ4v) is 2.34. The molecule has 7 heteroatoms. The highest BCUT2D eigenvalue weighted by Crippen LogP contribution is 2.21. The first-order valence-electron chi connectivity index (χ1n) is 9.80. The van der Waals surface area contributed by atoms with Gasteiger partial charge in [-0.2, -0.15) is 0 Å². The van der Waals surface area contributed by atoms with Crippen LogP contribution in [0.25, 0.3) is 0 Å². The van der Waals surface area contributed by atoms with Crippen LogP contribution < -0.4 is 4.74 Å². The zero-order valence-corrected chi connectivity index (χ0v) is 17.3. The topological polar surface area (TPSA) is 99.1 Å². The quantitative estimate of drug-likeness (QED) is 0.545. The summed E-state index contributed by atoms with van der Waals surface area (Å²) in [7, 11) is 0. The summed E-state index contributed by atoms with van der Waals surface area (Å²) >= 11 is 0. The molecular weight excluding hydrogens is 388 g/mol. The van der Waals surface area contributed by atoms with Gasteiger partial charge in [0.2, 0.25) is 0 Å². The van der Waals surface area contributed by atoms with Gasteiger partial charge in [0, 0.05) is 0 Å². The number of aryl methyl sites for hydroxylation is 1. The number of carbonyl (C=O) groups excluding carboxylic acids is 3. The van der Waals surface area contributed by atoms with E-state index in [0.29, 0.717) is 5.75 Å². The fraction of sp³-hybridized carbons (Fsp3) is 0.348. The lowest BCUT2D eigenvalue weighted by molar-refractivity contribution is 0.0130. The summed E-state index contributed by atoms with van der Waals surface area (Å²) in [5.74, 6) is -1.67. The molecule has 160 valence electrons. The minimum absolute atomic E-state index is 0.0210. The number of aliphatic hydroxyl groups is 1. The summed E-state index contributed by atoms with van der Waals surface area (Å²) in [4.78, 5) is 34.9. The number of rotatable bonds is 7. The smallest absolute Gasteiger partial charge is 0.346 e. The number of hydrogen-bond donors (Lipinski definition) is 1. The van der Waals surface area contributed by atoms with Crippen LogP contribution in [0.1, 0.15) is 63.3 Å². The van der Waals surface area contributed by atoms with Crippen molar-refractivity contribution in [3.8, 4) is 5.75 Å². The number of aliphatic hydroxyl groups excluding tert-OH is 1. The molecule has 30 heavy (non-hydrogen) atoms. The number of esters is 3. The SMILES string of the molecule is CCCC.Cc1ccc(OCC(O)COC(=O)c2ccc3c(c2)C(=O)OC3=O)cc1. The summed E-state index contributed by atoms with van der Waals surface area (Å²) in [5, 5.41) is 9.87. The molecule has 0 spiro atoms. The van der Waals surface area contributed by atoms with Crippen molar-refractivity contribution in [3.63, 3.8) is 0 Å². The van der Waals surface area contributed by atoms with Crippen molar-refractivity contribution in [2.24, 2.45) is 0 Å². The molecular formula is C23H26O7. The molecule has 0 radical (unpaired) electrons. The lowest BCUT2D eigenvalue weighted by atomic mass is 10.1. The third-order valence-electron chi connectivity index (χ3n) is 4.25. The lowest BCUT2D eigenvalue weighted by Gasteiger charge is -2.13. The monoisotopic (exact) mass is 414 g/mol. The zero-order valence-electron chi connectivity index (χ0n) is 17.3. The Morgan fingerprint density at radius 2 is 1.60 bits per heavy atom. The van der Waals surface area contributed by atoms with Gasteiger partial charge < -0.3 is 19.3 Å². The third kappa shape index (κ3) is 6.42. The fourth-order valence-electron chi connectivity index (χ4n) is 2.34. The standard InChI is InChI=1S/C19H16O7.C4H10/c1-11-2-5-14(6-3-11)24-9-13(20)10-25-17(21)12-4-7-15-16(8-12)19(23)26-18(15)22;1-3-4-2/h2-8,13,20H,9-10H2,1H3;3-4H2,1-2H3. The van der Waals surface area contributed by atoms with Gasteiger partial charge >= 0.3 is 17.9 Å². The van der Waals surface area contributed by atoms with Gasteiger partial charge in [-0.15, -0.1) is 0 Å². The van der Waals surface area contributed by atoms with Gasteiger partial charge in [0.1, 0.15) is 25.1 Å². The van der Waals surface area contributed by atoms with Crippen LogP contribution in [0.3, 0.4) is 0 Å². The van der Waals surface area contributed by atoms with Gasteiger partial charge in [-0.1, -0.05) is 44.4 Å². The minimum Gasteiger partial charge on any atom is -0.491 e. The zero-order chi connectivity index (χ0) is 22.1. The van der Waals surface area contributed by atoms with Crippen molar-refractivity contribution in [2.75, 3.05) is 13.2 Å². The van der Waals surface area contributed by atoms with E-state index in [-0.39, 0.29) is 29.9 Å². The van der Waals surface area contributed by atoms with Crippen LogP contribution in [0.2, 0.25) is 0 Å². The number of fused-ring (bicyclic) bond motifs is 1.